The number of carbonyl (C=O) groups is 1. The molecular weight excluding hydrogens is 288 g/mol. The van der Waals surface area contributed by atoms with Crippen LogP contribution in [-0.4, -0.2) is 28.1 Å². The van der Waals surface area contributed by atoms with Gasteiger partial charge in [0.15, 0.2) is 0 Å². The number of hydrogen-bond acceptors (Lipinski definition) is 3. The van der Waals surface area contributed by atoms with Gasteiger partial charge in [-0.1, -0.05) is 17.7 Å². The van der Waals surface area contributed by atoms with E-state index in [0.29, 0.717) is 23.6 Å². The van der Waals surface area contributed by atoms with Crippen LogP contribution in [0, 0.1) is 24.2 Å². The van der Waals surface area contributed by atoms with Crippen LogP contribution < -0.4 is 0 Å². The predicted molar refractivity (Wildman–Crippen MR) is 78.6 cm³/mol. The first kappa shape index (κ1) is 14.4. The molecular formula is C16H17ClN2O2. The fourth-order valence-electron chi connectivity index (χ4n) is 3.61. The minimum absolute atomic E-state index is 0.0699. The fourth-order valence-corrected chi connectivity index (χ4v) is 3.86. The lowest BCUT2D eigenvalue weighted by atomic mass is 10.0. The molecule has 1 saturated heterocycles. The number of fused-ring (bicyclic) bond motifs is 1. The number of aliphatic hydroxyl groups is 1. The molecule has 21 heavy (non-hydrogen) atoms. The molecule has 0 aromatic heterocycles. The number of halogens is 1. The third-order valence-corrected chi connectivity index (χ3v) is 5.17. The number of rotatable bonds is 2. The van der Waals surface area contributed by atoms with Crippen LogP contribution in [0.25, 0.3) is 0 Å². The van der Waals surface area contributed by atoms with Crippen molar-refractivity contribution in [3.63, 3.8) is 0 Å². The van der Waals surface area contributed by atoms with Crippen molar-refractivity contribution >= 4 is 17.5 Å². The highest BCUT2D eigenvalue weighted by Gasteiger charge is 2.47. The minimum Gasteiger partial charge on any atom is -0.393 e. The molecule has 5 heteroatoms. The van der Waals surface area contributed by atoms with Gasteiger partial charge >= 0.3 is 0 Å². The van der Waals surface area contributed by atoms with Crippen LogP contribution in [0.2, 0.25) is 5.02 Å². The molecule has 1 N–H and O–H groups in total. The third kappa shape index (κ3) is 2.31. The molecule has 1 aliphatic carbocycles. The summed E-state index contributed by atoms with van der Waals surface area (Å²) in [5, 5.41) is 19.6. The zero-order valence-corrected chi connectivity index (χ0v) is 12.6. The van der Waals surface area contributed by atoms with Gasteiger partial charge in [0.1, 0.15) is 6.07 Å². The Morgan fingerprint density at radius 1 is 1.48 bits per heavy atom. The maximum Gasteiger partial charge on any atom is 0.223 e. The van der Waals surface area contributed by atoms with Gasteiger partial charge in [-0.25, -0.2) is 0 Å². The number of aliphatic hydroxyl groups excluding tert-OH is 1. The molecule has 2 fully saturated rings. The Morgan fingerprint density at radius 2 is 2.24 bits per heavy atom. The van der Waals surface area contributed by atoms with Crippen LogP contribution in [0.15, 0.2) is 12.1 Å². The zero-order chi connectivity index (χ0) is 15.1. The number of hydrogen-bond donors (Lipinski definition) is 1. The Morgan fingerprint density at radius 3 is 2.95 bits per heavy atom. The maximum atomic E-state index is 12.2. The van der Waals surface area contributed by atoms with E-state index in [4.69, 9.17) is 11.6 Å². The molecule has 1 aliphatic heterocycles. The maximum absolute atomic E-state index is 12.2. The summed E-state index contributed by atoms with van der Waals surface area (Å²) in [7, 11) is 0. The molecule has 1 amide bonds. The van der Waals surface area contributed by atoms with E-state index in [-0.39, 0.29) is 24.0 Å². The number of carbonyl (C=O) groups excluding carboxylic acids is 1. The van der Waals surface area contributed by atoms with Crippen molar-refractivity contribution in [2.24, 2.45) is 5.92 Å². The number of likely N-dealkylation sites (tertiary alicyclic amines) is 1. The second-order valence-electron chi connectivity index (χ2n) is 5.92. The molecule has 0 radical (unpaired) electrons. The largest absolute Gasteiger partial charge is 0.393 e. The highest BCUT2D eigenvalue weighted by atomic mass is 35.5. The molecule has 110 valence electrons. The van der Waals surface area contributed by atoms with Crippen molar-refractivity contribution in [2.75, 3.05) is 0 Å². The van der Waals surface area contributed by atoms with E-state index >= 15 is 0 Å². The summed E-state index contributed by atoms with van der Waals surface area (Å²) < 4.78 is 0. The molecule has 2 aliphatic rings. The monoisotopic (exact) mass is 304 g/mol. The van der Waals surface area contributed by atoms with Gasteiger partial charge < -0.3 is 10.0 Å². The van der Waals surface area contributed by atoms with Gasteiger partial charge in [0.2, 0.25) is 5.91 Å². The third-order valence-electron chi connectivity index (χ3n) is 4.86. The van der Waals surface area contributed by atoms with Crippen LogP contribution in [0.3, 0.4) is 0 Å². The van der Waals surface area contributed by atoms with Crippen molar-refractivity contribution in [2.45, 2.75) is 44.9 Å². The first-order valence-electron chi connectivity index (χ1n) is 7.18. The Balaban J connectivity index is 1.88. The molecule has 1 aromatic rings. The number of benzene rings is 1. The first-order valence-corrected chi connectivity index (χ1v) is 7.56. The van der Waals surface area contributed by atoms with E-state index in [1.54, 1.807) is 6.07 Å². The van der Waals surface area contributed by atoms with Gasteiger partial charge in [0.05, 0.1) is 16.7 Å². The lowest BCUT2D eigenvalue weighted by molar-refractivity contribution is -0.129. The molecule has 2 unspecified atom stereocenters. The lowest BCUT2D eigenvalue weighted by Gasteiger charge is -2.25. The van der Waals surface area contributed by atoms with E-state index in [2.05, 4.69) is 6.07 Å². The lowest BCUT2D eigenvalue weighted by Crippen LogP contribution is -2.33. The van der Waals surface area contributed by atoms with Gasteiger partial charge in [-0.15, -0.1) is 0 Å². The number of nitrogens with zero attached hydrogens (tertiary/aromatic N) is 2. The normalized spacial score (nSPS) is 27.8. The quantitative estimate of drug-likeness (QED) is 0.912. The second-order valence-corrected chi connectivity index (χ2v) is 6.33. The highest BCUT2D eigenvalue weighted by molar-refractivity contribution is 6.31. The Hall–Kier alpha value is -1.57. The molecule has 0 bridgehead atoms. The molecule has 3 atom stereocenters. The SMILES string of the molecule is Cc1c(CN2C(=O)C[C@H]3C(O)CCC32)ccc(Cl)c1C#N. The van der Waals surface area contributed by atoms with E-state index in [1.165, 1.54) is 0 Å². The van der Waals surface area contributed by atoms with Crippen molar-refractivity contribution in [1.82, 2.24) is 4.90 Å². The van der Waals surface area contributed by atoms with Gasteiger partial charge in [-0.3, -0.25) is 4.79 Å². The Labute approximate surface area is 128 Å². The number of amides is 1. The van der Waals surface area contributed by atoms with Gasteiger partial charge in [-0.2, -0.15) is 5.26 Å². The first-order chi connectivity index (χ1) is 10.0. The van der Waals surface area contributed by atoms with Crippen LogP contribution in [0.4, 0.5) is 0 Å². The molecule has 0 spiro atoms. The van der Waals surface area contributed by atoms with Crippen molar-refractivity contribution in [3.05, 3.63) is 33.8 Å². The average Bonchev–Trinajstić information content (AvgIpc) is 2.95. The zero-order valence-electron chi connectivity index (χ0n) is 11.8. The van der Waals surface area contributed by atoms with Crippen molar-refractivity contribution in [3.8, 4) is 6.07 Å². The van der Waals surface area contributed by atoms with Crippen molar-refractivity contribution in [1.29, 1.82) is 5.26 Å². The average molecular weight is 305 g/mol. The van der Waals surface area contributed by atoms with E-state index < -0.39 is 0 Å². The summed E-state index contributed by atoms with van der Waals surface area (Å²) in [4.78, 5) is 14.1. The standard InChI is InChI=1S/C16H17ClN2O2/c1-9-10(2-3-13(17)12(9)7-18)8-19-14-4-5-15(20)11(14)6-16(19)21/h2-3,11,14-15,20H,4-6,8H2,1H3/t11-,14?,15?/m1/s1. The summed E-state index contributed by atoms with van der Waals surface area (Å²) in [6.07, 6.45) is 1.70. The Bertz CT molecular complexity index is 638. The molecule has 1 saturated carbocycles. The summed E-state index contributed by atoms with van der Waals surface area (Å²) in [6, 6.07) is 5.84. The van der Waals surface area contributed by atoms with Crippen LogP contribution in [0.1, 0.15) is 36.0 Å². The van der Waals surface area contributed by atoms with Crippen LogP contribution in [-0.2, 0) is 11.3 Å². The predicted octanol–water partition coefficient (Wildman–Crippen LogP) is 2.39. The molecule has 3 rings (SSSR count). The van der Waals surface area contributed by atoms with Gasteiger partial charge in [-0.05, 0) is 37.0 Å². The van der Waals surface area contributed by atoms with Crippen molar-refractivity contribution < 1.29 is 9.90 Å². The molecule has 4 nitrogen and oxygen atoms in total. The number of nitriles is 1. The molecule has 1 heterocycles. The summed E-state index contributed by atoms with van der Waals surface area (Å²) in [5.41, 5.74) is 2.26. The van der Waals surface area contributed by atoms with Crippen LogP contribution >= 0.6 is 11.6 Å². The topological polar surface area (TPSA) is 64.3 Å². The van der Waals surface area contributed by atoms with Gasteiger partial charge in [0.25, 0.3) is 0 Å². The smallest absolute Gasteiger partial charge is 0.223 e. The van der Waals surface area contributed by atoms with E-state index in [0.717, 1.165) is 24.0 Å². The summed E-state index contributed by atoms with van der Waals surface area (Å²) >= 11 is 6.02. The minimum atomic E-state index is -0.357. The fraction of sp³-hybridized carbons (Fsp3) is 0.500. The summed E-state index contributed by atoms with van der Waals surface area (Å²) in [5.74, 6) is 0.164. The molecule has 1 aromatic carbocycles. The Kier molecular flexibility index (Phi) is 3.64. The summed E-state index contributed by atoms with van der Waals surface area (Å²) in [6.45, 7) is 2.35. The second kappa shape index (κ2) is 5.32. The van der Waals surface area contributed by atoms with E-state index in [9.17, 15) is 15.2 Å². The highest BCUT2D eigenvalue weighted by Crippen LogP contribution is 2.40. The van der Waals surface area contributed by atoms with E-state index in [1.807, 2.05) is 17.9 Å². The van der Waals surface area contributed by atoms with Crippen LogP contribution in [0.5, 0.6) is 0 Å². The van der Waals surface area contributed by atoms with Gasteiger partial charge in [0, 0.05) is 24.9 Å².